The van der Waals surface area contributed by atoms with Crippen LogP contribution in [-0.4, -0.2) is 21.5 Å². The van der Waals surface area contributed by atoms with E-state index in [-0.39, 0.29) is 0 Å². The van der Waals surface area contributed by atoms with Gasteiger partial charge in [-0.15, -0.1) is 6.42 Å². The highest BCUT2D eigenvalue weighted by molar-refractivity contribution is 6.33. The lowest BCUT2D eigenvalue weighted by atomic mass is 9.89. The first-order chi connectivity index (χ1) is 11.7. The molecule has 2 aromatic rings. The lowest BCUT2D eigenvalue weighted by molar-refractivity contribution is 0.373. The summed E-state index contributed by atoms with van der Waals surface area (Å²) < 4.78 is 0. The molecule has 24 heavy (non-hydrogen) atoms. The molecule has 2 heterocycles. The summed E-state index contributed by atoms with van der Waals surface area (Å²) in [6, 6.07) is 1.89. The number of aromatic nitrogens is 3. The summed E-state index contributed by atoms with van der Waals surface area (Å²) >= 11 is 6.25. The third-order valence-corrected chi connectivity index (χ3v) is 4.52. The van der Waals surface area contributed by atoms with E-state index in [4.69, 9.17) is 18.0 Å². The van der Waals surface area contributed by atoms with E-state index in [9.17, 15) is 0 Å². The highest BCUT2D eigenvalue weighted by Crippen LogP contribution is 2.28. The number of hydrogen-bond donors (Lipinski definition) is 2. The van der Waals surface area contributed by atoms with Gasteiger partial charge in [0.05, 0.1) is 29.3 Å². The Morgan fingerprint density at radius 1 is 1.08 bits per heavy atom. The summed E-state index contributed by atoms with van der Waals surface area (Å²) in [7, 11) is 0. The molecule has 0 spiro atoms. The van der Waals surface area contributed by atoms with Gasteiger partial charge in [0, 0.05) is 12.6 Å². The topological polar surface area (TPSA) is 62.7 Å². The van der Waals surface area contributed by atoms with Crippen LogP contribution in [0.2, 0.25) is 5.02 Å². The quantitative estimate of drug-likeness (QED) is 0.796. The fourth-order valence-electron chi connectivity index (χ4n) is 2.89. The number of nitrogens with one attached hydrogen (secondary N) is 2. The maximum atomic E-state index is 6.25. The van der Waals surface area contributed by atoms with Crippen molar-refractivity contribution in [2.24, 2.45) is 5.92 Å². The summed E-state index contributed by atoms with van der Waals surface area (Å²) in [6.07, 6.45) is 16.6. The Bertz CT molecular complexity index is 717. The van der Waals surface area contributed by atoms with Crippen molar-refractivity contribution in [1.29, 1.82) is 0 Å². The van der Waals surface area contributed by atoms with Crippen molar-refractivity contribution >= 4 is 28.9 Å². The van der Waals surface area contributed by atoms with Crippen LogP contribution in [0.1, 0.15) is 37.8 Å². The van der Waals surface area contributed by atoms with Crippen LogP contribution >= 0.6 is 11.6 Å². The molecule has 1 fully saturated rings. The van der Waals surface area contributed by atoms with Crippen molar-refractivity contribution in [3.8, 4) is 12.3 Å². The lowest BCUT2D eigenvalue weighted by Crippen LogP contribution is -2.17. The van der Waals surface area contributed by atoms with Crippen molar-refractivity contribution in [3.63, 3.8) is 0 Å². The molecule has 1 aliphatic rings. The highest BCUT2D eigenvalue weighted by Gasteiger charge is 2.14. The third kappa shape index (κ3) is 4.36. The molecule has 124 valence electrons. The summed E-state index contributed by atoms with van der Waals surface area (Å²) in [6.45, 7) is 0.944. The van der Waals surface area contributed by atoms with Crippen molar-refractivity contribution in [2.45, 2.75) is 32.1 Å². The molecule has 3 rings (SSSR count). The zero-order valence-electron chi connectivity index (χ0n) is 13.4. The van der Waals surface area contributed by atoms with E-state index in [1.54, 1.807) is 18.6 Å². The molecule has 6 heteroatoms. The smallest absolute Gasteiger partial charge is 0.150 e. The van der Waals surface area contributed by atoms with Crippen LogP contribution < -0.4 is 10.6 Å². The standard InChI is InChI=1S/C18H20ClN5/c1-2-14-10-22-18(12-20-14)24-17-8-16(15(19)11-23-17)21-9-13-6-4-3-5-7-13/h1,8,10-13H,3-7,9H2,(H2,21,22,23,24). The Balaban J connectivity index is 1.65. The van der Waals surface area contributed by atoms with E-state index in [0.29, 0.717) is 22.4 Å². The van der Waals surface area contributed by atoms with E-state index >= 15 is 0 Å². The first kappa shape index (κ1) is 16.5. The van der Waals surface area contributed by atoms with Gasteiger partial charge in [-0.25, -0.2) is 15.0 Å². The molecule has 0 unspecified atom stereocenters. The maximum Gasteiger partial charge on any atom is 0.150 e. The molecule has 0 aliphatic heterocycles. The van der Waals surface area contributed by atoms with Gasteiger partial charge in [-0.2, -0.15) is 0 Å². The van der Waals surface area contributed by atoms with Crippen LogP contribution in [0, 0.1) is 18.3 Å². The SMILES string of the molecule is C#Cc1cnc(Nc2cc(NCC3CCCCC3)c(Cl)cn2)cn1. The fraction of sp³-hybridized carbons (Fsp3) is 0.389. The Labute approximate surface area is 147 Å². The van der Waals surface area contributed by atoms with E-state index in [1.165, 1.54) is 32.1 Å². The van der Waals surface area contributed by atoms with E-state index < -0.39 is 0 Å². The first-order valence-electron chi connectivity index (χ1n) is 8.19. The number of hydrogen-bond acceptors (Lipinski definition) is 5. The van der Waals surface area contributed by atoms with Gasteiger partial charge >= 0.3 is 0 Å². The van der Waals surface area contributed by atoms with Gasteiger partial charge in [0.25, 0.3) is 0 Å². The number of anilines is 3. The van der Waals surface area contributed by atoms with Gasteiger partial charge in [0.1, 0.15) is 17.3 Å². The molecule has 1 aliphatic carbocycles. The fourth-order valence-corrected chi connectivity index (χ4v) is 3.06. The van der Waals surface area contributed by atoms with E-state index in [0.717, 1.165) is 18.2 Å². The number of rotatable bonds is 5. The van der Waals surface area contributed by atoms with Crippen molar-refractivity contribution in [1.82, 2.24) is 15.0 Å². The third-order valence-electron chi connectivity index (χ3n) is 4.22. The van der Waals surface area contributed by atoms with Crippen LogP contribution in [-0.2, 0) is 0 Å². The second-order valence-corrected chi connectivity index (χ2v) is 6.40. The molecular formula is C18H20ClN5. The minimum Gasteiger partial charge on any atom is -0.383 e. The van der Waals surface area contributed by atoms with E-state index in [2.05, 4.69) is 31.5 Å². The molecule has 0 radical (unpaired) electrons. The summed E-state index contributed by atoms with van der Waals surface area (Å²) in [5.41, 5.74) is 1.38. The Morgan fingerprint density at radius 2 is 1.88 bits per heavy atom. The molecule has 0 amide bonds. The van der Waals surface area contributed by atoms with Crippen molar-refractivity contribution < 1.29 is 0 Å². The summed E-state index contributed by atoms with van der Waals surface area (Å²) in [5, 5.41) is 7.18. The van der Waals surface area contributed by atoms with Gasteiger partial charge in [-0.3, -0.25) is 0 Å². The minimum absolute atomic E-state index is 0.499. The first-order valence-corrected chi connectivity index (χ1v) is 8.57. The molecule has 0 saturated heterocycles. The van der Waals surface area contributed by atoms with Crippen LogP contribution in [0.3, 0.4) is 0 Å². The Hall–Kier alpha value is -2.32. The van der Waals surface area contributed by atoms with Crippen LogP contribution in [0.25, 0.3) is 0 Å². The molecule has 1 saturated carbocycles. The number of terminal acetylenes is 1. The number of nitrogens with zero attached hydrogens (tertiary/aromatic N) is 3. The number of halogens is 1. The Kier molecular flexibility index (Phi) is 5.50. The minimum atomic E-state index is 0.499. The summed E-state index contributed by atoms with van der Waals surface area (Å²) in [5.74, 6) is 4.41. The normalized spacial score (nSPS) is 14.8. The zero-order valence-corrected chi connectivity index (χ0v) is 14.2. The van der Waals surface area contributed by atoms with E-state index in [1.807, 2.05) is 6.07 Å². The maximum absolute atomic E-state index is 6.25. The number of pyridine rings is 1. The average Bonchev–Trinajstić information content (AvgIpc) is 2.63. The van der Waals surface area contributed by atoms with Gasteiger partial charge in [-0.1, -0.05) is 30.9 Å². The highest BCUT2D eigenvalue weighted by atomic mass is 35.5. The molecule has 0 atom stereocenters. The predicted octanol–water partition coefficient (Wildman–Crippen LogP) is 4.24. The van der Waals surface area contributed by atoms with Crippen LogP contribution in [0.15, 0.2) is 24.7 Å². The largest absolute Gasteiger partial charge is 0.383 e. The molecular weight excluding hydrogens is 322 g/mol. The second kappa shape index (κ2) is 7.98. The molecule has 0 bridgehead atoms. The molecule has 0 aromatic carbocycles. The van der Waals surface area contributed by atoms with Crippen molar-refractivity contribution in [2.75, 3.05) is 17.2 Å². The second-order valence-electron chi connectivity index (χ2n) is 5.99. The van der Waals surface area contributed by atoms with Gasteiger partial charge in [0.2, 0.25) is 0 Å². The zero-order chi connectivity index (χ0) is 16.8. The average molecular weight is 342 g/mol. The molecule has 2 N–H and O–H groups in total. The lowest BCUT2D eigenvalue weighted by Gasteiger charge is -2.22. The van der Waals surface area contributed by atoms with Gasteiger partial charge in [0.15, 0.2) is 0 Å². The van der Waals surface area contributed by atoms with Crippen molar-refractivity contribution in [3.05, 3.63) is 35.4 Å². The van der Waals surface area contributed by atoms with Crippen LogP contribution in [0.5, 0.6) is 0 Å². The van der Waals surface area contributed by atoms with Gasteiger partial charge < -0.3 is 10.6 Å². The van der Waals surface area contributed by atoms with Gasteiger partial charge in [-0.05, 0) is 24.7 Å². The molecule has 2 aromatic heterocycles. The molecule has 5 nitrogen and oxygen atoms in total. The monoisotopic (exact) mass is 341 g/mol. The summed E-state index contributed by atoms with van der Waals surface area (Å²) in [4.78, 5) is 12.6. The predicted molar refractivity (Wildman–Crippen MR) is 97.6 cm³/mol. The Morgan fingerprint density at radius 3 is 2.58 bits per heavy atom. The van der Waals surface area contributed by atoms with Crippen LogP contribution in [0.4, 0.5) is 17.3 Å².